The number of allylic oxidation sites excluding steroid dienone is 4. The van der Waals surface area contributed by atoms with E-state index in [-0.39, 0.29) is 60.8 Å². The van der Waals surface area contributed by atoms with Crippen LogP contribution in [-0.4, -0.2) is 74.1 Å². The lowest BCUT2D eigenvalue weighted by Crippen LogP contribution is -2.50. The Kier molecular flexibility index (Phi) is 18.9. The molecule has 0 spiro atoms. The van der Waals surface area contributed by atoms with Crippen molar-refractivity contribution < 1.29 is 38.7 Å². The molecular weight excluding hydrogens is 550 g/mol. The number of ether oxygens (including phenoxy) is 5. The predicted octanol–water partition coefficient (Wildman–Crippen LogP) is 5.76. The molecule has 1 aliphatic heterocycles. The van der Waals surface area contributed by atoms with E-state index in [0.29, 0.717) is 12.8 Å². The molecule has 1 amide bonds. The third-order valence-corrected chi connectivity index (χ3v) is 8.62. The Bertz CT molecular complexity index is 876. The predicted molar refractivity (Wildman–Crippen MR) is 170 cm³/mol. The molecule has 1 unspecified atom stereocenters. The van der Waals surface area contributed by atoms with Crippen molar-refractivity contribution in [3.05, 3.63) is 49.1 Å². The minimum Gasteiger partial charge on any atom is -0.445 e. The third kappa shape index (κ3) is 13.3. The molecule has 0 radical (unpaired) electrons. The highest BCUT2D eigenvalue weighted by atomic mass is 16.7. The standard InChI is InChI=1S/C34H59NO8/c1-10-11-16-24(4)31(43-34(35)38)25(5)28(36)19-14-12-17-22(2)30(37)23(3)18-13-15-20-29-26(6)32(41-21-39-8)27(7)33(40-9)42-29/h10-13,16-18,22-33,36-37H,1,14-15,19-21H2,2-9H3,(H2,35,38)/b16-11-,17-12-,18-13-/t22?,23-,24-,25-,26+,27+,28+,29-,30+,31-,32-,33+/m0/s1. The Morgan fingerprint density at radius 3 is 2.16 bits per heavy atom. The second-order valence-electron chi connectivity index (χ2n) is 12.1. The summed E-state index contributed by atoms with van der Waals surface area (Å²) in [5, 5.41) is 21.6. The van der Waals surface area contributed by atoms with E-state index in [0.717, 1.165) is 12.8 Å². The van der Waals surface area contributed by atoms with Crippen LogP contribution in [0.3, 0.4) is 0 Å². The number of methoxy groups -OCH3 is 2. The van der Waals surface area contributed by atoms with E-state index in [4.69, 9.17) is 29.4 Å². The summed E-state index contributed by atoms with van der Waals surface area (Å²) in [6.45, 7) is 15.9. The Hall–Kier alpha value is -2.01. The van der Waals surface area contributed by atoms with Crippen LogP contribution in [0.5, 0.6) is 0 Å². The van der Waals surface area contributed by atoms with Gasteiger partial charge in [0, 0.05) is 49.7 Å². The van der Waals surface area contributed by atoms with Gasteiger partial charge >= 0.3 is 6.09 Å². The van der Waals surface area contributed by atoms with Gasteiger partial charge in [-0.05, 0) is 25.7 Å². The summed E-state index contributed by atoms with van der Waals surface area (Å²) in [6, 6.07) is 0. The van der Waals surface area contributed by atoms with Crippen LogP contribution in [0.2, 0.25) is 0 Å². The van der Waals surface area contributed by atoms with Gasteiger partial charge in [0.15, 0.2) is 6.29 Å². The average Bonchev–Trinajstić information content (AvgIpc) is 2.98. The van der Waals surface area contributed by atoms with Gasteiger partial charge in [0.05, 0.1) is 24.4 Å². The molecule has 1 fully saturated rings. The number of primary amides is 1. The van der Waals surface area contributed by atoms with Crippen LogP contribution in [0.4, 0.5) is 4.79 Å². The molecule has 0 aromatic rings. The SMILES string of the molecule is C=C/C=C\[C@H](C)[C@H](OC(N)=O)[C@@H](C)[C@H](O)CC/C=C\C(C)[C@@H](O)[C@@H](C)/C=C\CC[C@@H]1O[C@@H](OC)[C@H](C)[C@@H](OCOC)[C@@H]1C. The van der Waals surface area contributed by atoms with Crippen molar-refractivity contribution in [2.75, 3.05) is 21.0 Å². The number of aliphatic hydroxyl groups excluding tert-OH is 2. The van der Waals surface area contributed by atoms with Gasteiger partial charge < -0.3 is 39.6 Å². The average molecular weight is 610 g/mol. The fourth-order valence-electron chi connectivity index (χ4n) is 5.85. The first-order chi connectivity index (χ1) is 20.4. The van der Waals surface area contributed by atoms with Crippen LogP contribution >= 0.6 is 0 Å². The van der Waals surface area contributed by atoms with Gasteiger partial charge in [-0.2, -0.15) is 0 Å². The number of hydrogen-bond acceptors (Lipinski definition) is 8. The zero-order valence-corrected chi connectivity index (χ0v) is 27.6. The van der Waals surface area contributed by atoms with Gasteiger partial charge in [-0.15, -0.1) is 0 Å². The summed E-state index contributed by atoms with van der Waals surface area (Å²) < 4.78 is 28.2. The topological polar surface area (TPSA) is 130 Å². The van der Waals surface area contributed by atoms with Gasteiger partial charge in [-0.25, -0.2) is 4.79 Å². The highest BCUT2D eigenvalue weighted by Gasteiger charge is 2.42. The maximum Gasteiger partial charge on any atom is 0.404 e. The Labute approximate surface area is 260 Å². The first kappa shape index (κ1) is 39.0. The van der Waals surface area contributed by atoms with Gasteiger partial charge in [0.2, 0.25) is 0 Å². The fourth-order valence-corrected chi connectivity index (χ4v) is 5.85. The zero-order chi connectivity index (χ0) is 32.5. The second-order valence-corrected chi connectivity index (χ2v) is 12.1. The van der Waals surface area contributed by atoms with Crippen molar-refractivity contribution in [3.8, 4) is 0 Å². The smallest absolute Gasteiger partial charge is 0.404 e. The van der Waals surface area contributed by atoms with Crippen molar-refractivity contribution in [1.82, 2.24) is 0 Å². The summed E-state index contributed by atoms with van der Waals surface area (Å²) in [5.74, 6) is -0.247. The summed E-state index contributed by atoms with van der Waals surface area (Å²) >= 11 is 0. The van der Waals surface area contributed by atoms with Gasteiger partial charge in [0.1, 0.15) is 12.9 Å². The summed E-state index contributed by atoms with van der Waals surface area (Å²) in [7, 11) is 3.28. The molecule has 0 aliphatic carbocycles. The van der Waals surface area contributed by atoms with Crippen molar-refractivity contribution in [3.63, 3.8) is 0 Å². The molecule has 12 atom stereocenters. The lowest BCUT2D eigenvalue weighted by atomic mass is 9.84. The Morgan fingerprint density at radius 1 is 0.977 bits per heavy atom. The number of nitrogens with two attached hydrogens (primary N) is 1. The van der Waals surface area contributed by atoms with E-state index in [9.17, 15) is 15.0 Å². The molecule has 9 heteroatoms. The molecule has 43 heavy (non-hydrogen) atoms. The molecule has 0 bridgehead atoms. The molecule has 9 nitrogen and oxygen atoms in total. The molecule has 0 saturated carbocycles. The largest absolute Gasteiger partial charge is 0.445 e. The zero-order valence-electron chi connectivity index (χ0n) is 27.6. The van der Waals surface area contributed by atoms with Crippen LogP contribution in [0.1, 0.15) is 67.2 Å². The van der Waals surface area contributed by atoms with Crippen LogP contribution in [0.25, 0.3) is 0 Å². The Morgan fingerprint density at radius 2 is 1.60 bits per heavy atom. The summed E-state index contributed by atoms with van der Waals surface area (Å²) in [5.41, 5.74) is 5.27. The molecular formula is C34H59NO8. The highest BCUT2D eigenvalue weighted by Crippen LogP contribution is 2.35. The van der Waals surface area contributed by atoms with Crippen LogP contribution < -0.4 is 5.73 Å². The molecule has 0 aromatic heterocycles. The minimum absolute atomic E-state index is 0.00253. The minimum atomic E-state index is -0.860. The van der Waals surface area contributed by atoms with Crippen molar-refractivity contribution in [2.45, 2.75) is 104 Å². The van der Waals surface area contributed by atoms with Crippen LogP contribution in [-0.2, 0) is 23.7 Å². The Balaban J connectivity index is 2.58. The quantitative estimate of drug-likeness (QED) is 0.0902. The van der Waals surface area contributed by atoms with Crippen molar-refractivity contribution in [2.24, 2.45) is 41.2 Å². The van der Waals surface area contributed by atoms with E-state index in [2.05, 4.69) is 32.6 Å². The first-order valence-electron chi connectivity index (χ1n) is 15.6. The monoisotopic (exact) mass is 609 g/mol. The normalized spacial score (nSPS) is 28.0. The summed E-state index contributed by atoms with van der Waals surface area (Å²) in [4.78, 5) is 11.4. The van der Waals surface area contributed by atoms with Crippen LogP contribution in [0, 0.1) is 35.5 Å². The molecule has 248 valence electrons. The number of carbonyl (C=O) groups excluding carboxylic acids is 1. The van der Waals surface area contributed by atoms with Crippen molar-refractivity contribution >= 4 is 6.09 Å². The molecule has 0 aromatic carbocycles. The number of carbonyl (C=O) groups is 1. The molecule has 1 rings (SSSR count). The summed E-state index contributed by atoms with van der Waals surface area (Å²) in [6.07, 6.45) is 13.2. The maximum atomic E-state index is 11.4. The van der Waals surface area contributed by atoms with Crippen molar-refractivity contribution in [1.29, 1.82) is 0 Å². The molecule has 4 N–H and O–H groups in total. The highest BCUT2D eigenvalue weighted by molar-refractivity contribution is 5.64. The van der Waals surface area contributed by atoms with Crippen LogP contribution in [0.15, 0.2) is 49.1 Å². The fraction of sp³-hybridized carbons (Fsp3) is 0.735. The maximum absolute atomic E-state index is 11.4. The van der Waals surface area contributed by atoms with Gasteiger partial charge in [-0.3, -0.25) is 0 Å². The van der Waals surface area contributed by atoms with E-state index in [1.165, 1.54) is 0 Å². The van der Waals surface area contributed by atoms with Gasteiger partial charge in [0.25, 0.3) is 0 Å². The van der Waals surface area contributed by atoms with E-state index >= 15 is 0 Å². The lowest BCUT2D eigenvalue weighted by molar-refractivity contribution is -0.271. The second kappa shape index (κ2) is 20.9. The molecule has 1 aliphatic rings. The van der Waals surface area contributed by atoms with E-state index in [1.807, 2.05) is 45.9 Å². The first-order valence-corrected chi connectivity index (χ1v) is 15.6. The third-order valence-electron chi connectivity index (χ3n) is 8.62. The van der Waals surface area contributed by atoms with E-state index in [1.54, 1.807) is 26.4 Å². The molecule has 1 saturated heterocycles. The number of hydrogen-bond donors (Lipinski definition) is 3. The number of amides is 1. The lowest BCUT2D eigenvalue weighted by Gasteiger charge is -2.43. The molecule has 1 heterocycles. The van der Waals surface area contributed by atoms with E-state index < -0.39 is 24.4 Å². The number of aliphatic hydroxyl groups is 2. The van der Waals surface area contributed by atoms with Gasteiger partial charge in [-0.1, -0.05) is 90.7 Å². The number of rotatable bonds is 20.